The maximum atomic E-state index is 13.4. The lowest BCUT2D eigenvalue weighted by molar-refractivity contribution is -0.169. The molecular weight excluding hydrogens is 522 g/mol. The van der Waals surface area contributed by atoms with Gasteiger partial charge in [-0.3, -0.25) is 29.2 Å². The maximum Gasteiger partial charge on any atom is 0.316 e. The van der Waals surface area contributed by atoms with E-state index in [0.29, 0.717) is 25.1 Å². The van der Waals surface area contributed by atoms with Gasteiger partial charge in [0.1, 0.15) is 12.1 Å². The molecule has 1 aromatic heterocycles. The van der Waals surface area contributed by atoms with Gasteiger partial charge in [-0.2, -0.15) is 0 Å². The monoisotopic (exact) mass is 563 g/mol. The molecule has 0 aliphatic carbocycles. The highest BCUT2D eigenvalue weighted by Gasteiger charge is 2.40. The molecule has 0 saturated carbocycles. The first kappa shape index (κ1) is 30.2. The van der Waals surface area contributed by atoms with Crippen molar-refractivity contribution in [3.63, 3.8) is 0 Å². The molecule has 1 fully saturated rings. The van der Waals surface area contributed by atoms with E-state index in [0.717, 1.165) is 16.5 Å². The number of nitrogens with zero attached hydrogens (tertiary/aromatic N) is 2. The Morgan fingerprint density at radius 1 is 0.976 bits per heavy atom. The van der Waals surface area contributed by atoms with Gasteiger partial charge in [0.25, 0.3) is 11.8 Å². The third-order valence-electron chi connectivity index (χ3n) is 7.51. The molecular formula is C31H41N5O5. The highest BCUT2D eigenvalue weighted by Crippen LogP contribution is 2.29. The van der Waals surface area contributed by atoms with Crippen molar-refractivity contribution >= 4 is 40.7 Å². The van der Waals surface area contributed by atoms with Gasteiger partial charge >= 0.3 is 5.97 Å². The molecule has 4 rings (SSSR count). The summed E-state index contributed by atoms with van der Waals surface area (Å²) in [5, 5.41) is 8.06. The summed E-state index contributed by atoms with van der Waals surface area (Å²) in [6.45, 7) is 12.7. The Morgan fingerprint density at radius 3 is 2.37 bits per heavy atom. The van der Waals surface area contributed by atoms with E-state index >= 15 is 0 Å². The van der Waals surface area contributed by atoms with Crippen molar-refractivity contribution in [3.8, 4) is 0 Å². The zero-order valence-corrected chi connectivity index (χ0v) is 24.9. The fourth-order valence-electron chi connectivity index (χ4n) is 4.86. The molecule has 0 radical (unpaired) electrons. The molecule has 3 amide bonds. The van der Waals surface area contributed by atoms with Crippen molar-refractivity contribution in [2.45, 2.75) is 85.5 Å². The number of hydrogen-bond donors (Lipinski definition) is 3. The van der Waals surface area contributed by atoms with Crippen molar-refractivity contribution in [3.05, 3.63) is 47.7 Å². The lowest BCUT2D eigenvalue weighted by atomic mass is 9.87. The number of rotatable bonds is 0. The zero-order valence-electron chi connectivity index (χ0n) is 24.9. The molecule has 3 heterocycles. The Labute approximate surface area is 241 Å². The van der Waals surface area contributed by atoms with Crippen LogP contribution in [-0.2, 0) is 23.9 Å². The molecule has 220 valence electrons. The maximum absolute atomic E-state index is 13.4. The third kappa shape index (κ3) is 6.93. The molecule has 5 bridgehead atoms. The van der Waals surface area contributed by atoms with E-state index in [9.17, 15) is 19.2 Å². The second-order valence-electron chi connectivity index (χ2n) is 12.7. The van der Waals surface area contributed by atoms with E-state index in [4.69, 9.17) is 9.72 Å². The molecule has 41 heavy (non-hydrogen) atoms. The summed E-state index contributed by atoms with van der Waals surface area (Å²) in [4.78, 5) is 57.9. The van der Waals surface area contributed by atoms with Crippen LogP contribution in [0.15, 0.2) is 36.4 Å². The number of cyclic esters (lactones) is 1. The molecule has 1 saturated heterocycles. The van der Waals surface area contributed by atoms with E-state index in [-0.39, 0.29) is 17.9 Å². The Bertz CT molecular complexity index is 1380. The van der Waals surface area contributed by atoms with Crippen molar-refractivity contribution in [2.75, 3.05) is 6.54 Å². The molecule has 1 aromatic carbocycles. The number of amides is 3. The molecule has 2 aromatic rings. The molecule has 0 spiro atoms. The van der Waals surface area contributed by atoms with Gasteiger partial charge in [-0.05, 0) is 58.2 Å². The van der Waals surface area contributed by atoms with E-state index in [1.54, 1.807) is 47.6 Å². The molecule has 4 atom stereocenters. The number of benzene rings is 1. The number of carbonyl (C=O) groups excluding carboxylic acids is 4. The third-order valence-corrected chi connectivity index (χ3v) is 7.51. The largest absolute Gasteiger partial charge is 0.451 e. The van der Waals surface area contributed by atoms with Crippen LogP contribution < -0.4 is 16.1 Å². The average molecular weight is 564 g/mol. The fraction of sp³-hybridized carbons (Fsp3) is 0.516. The second-order valence-corrected chi connectivity index (χ2v) is 12.7. The molecule has 0 unspecified atom stereocenters. The smallest absolute Gasteiger partial charge is 0.316 e. The first-order valence-corrected chi connectivity index (χ1v) is 14.1. The number of hydrogen-bond acceptors (Lipinski definition) is 7. The van der Waals surface area contributed by atoms with Crippen LogP contribution in [0.5, 0.6) is 0 Å². The lowest BCUT2D eigenvalue weighted by Gasteiger charge is -2.36. The molecule has 2 aliphatic rings. The number of nitrogens with one attached hydrogen (secondary N) is 3. The molecule has 3 N–H and O–H groups in total. The second kappa shape index (κ2) is 11.6. The number of aromatic nitrogens is 1. The van der Waals surface area contributed by atoms with Crippen molar-refractivity contribution in [2.24, 2.45) is 10.8 Å². The fourth-order valence-corrected chi connectivity index (χ4v) is 4.86. The Morgan fingerprint density at radius 2 is 1.66 bits per heavy atom. The highest BCUT2D eigenvalue weighted by molar-refractivity contribution is 5.92. The van der Waals surface area contributed by atoms with E-state index in [2.05, 4.69) is 16.1 Å². The van der Waals surface area contributed by atoms with Crippen molar-refractivity contribution < 1.29 is 23.9 Å². The van der Waals surface area contributed by atoms with Gasteiger partial charge in [0.15, 0.2) is 6.10 Å². The summed E-state index contributed by atoms with van der Waals surface area (Å²) in [5.74, 6) is -1.75. The van der Waals surface area contributed by atoms with Gasteiger partial charge in [-0.1, -0.05) is 51.1 Å². The minimum Gasteiger partial charge on any atom is -0.451 e. The summed E-state index contributed by atoms with van der Waals surface area (Å²) in [7, 11) is 0. The topological polar surface area (TPSA) is 130 Å². The quantitative estimate of drug-likeness (QED) is 0.419. The van der Waals surface area contributed by atoms with Crippen molar-refractivity contribution in [1.82, 2.24) is 26.1 Å². The van der Waals surface area contributed by atoms with Crippen LogP contribution in [0.4, 0.5) is 0 Å². The van der Waals surface area contributed by atoms with E-state index in [1.807, 2.05) is 43.3 Å². The first-order chi connectivity index (χ1) is 19.2. The Balaban J connectivity index is 1.72. The predicted octanol–water partition coefficient (Wildman–Crippen LogP) is 3.42. The number of pyridine rings is 1. The zero-order chi connectivity index (χ0) is 30.1. The lowest BCUT2D eigenvalue weighted by Crippen LogP contribution is -2.61. The number of fused-ring (bicyclic) bond motifs is 4. The number of hydrazine groups is 1. The van der Waals surface area contributed by atoms with Crippen LogP contribution in [0, 0.1) is 10.8 Å². The number of ether oxygens (including phenoxy) is 1. The highest BCUT2D eigenvalue weighted by atomic mass is 16.6. The summed E-state index contributed by atoms with van der Waals surface area (Å²) in [6.07, 6.45) is 3.62. The number of esters is 1. The van der Waals surface area contributed by atoms with E-state index in [1.165, 1.54) is 5.01 Å². The first-order valence-electron chi connectivity index (χ1n) is 14.1. The van der Waals surface area contributed by atoms with Crippen LogP contribution in [0.1, 0.15) is 78.6 Å². The molecule has 2 aliphatic heterocycles. The van der Waals surface area contributed by atoms with Gasteiger partial charge in [0.05, 0.1) is 22.7 Å². The Hall–Kier alpha value is -3.79. The van der Waals surface area contributed by atoms with Gasteiger partial charge in [-0.15, -0.1) is 0 Å². The van der Waals surface area contributed by atoms with Gasteiger partial charge in [0, 0.05) is 17.3 Å². The van der Waals surface area contributed by atoms with Gasteiger partial charge in [-0.25, -0.2) is 5.43 Å². The number of carbonyl (C=O) groups is 4. The van der Waals surface area contributed by atoms with E-state index < -0.39 is 40.9 Å². The SMILES string of the molecule is C[C@@H]1NC(=O)[C@H](C(C)(C)C)OC(=O)C(C)(C)/C=C/c2ccc3ccc(nc3c2)[C@@H](C)NC(=O)[C@@H]2CCCN(N2)C1=O. The summed E-state index contributed by atoms with van der Waals surface area (Å²) < 4.78 is 5.80. The van der Waals surface area contributed by atoms with Gasteiger partial charge < -0.3 is 15.4 Å². The van der Waals surface area contributed by atoms with Crippen LogP contribution >= 0.6 is 0 Å². The standard InChI is InChI=1S/C31H41N5O5/c1-18-22-13-12-21-11-10-20(17-24(21)34-22)14-15-31(6,7)29(40)41-25(30(3,4)5)27(38)33-19(2)28(39)36-16-8-9-23(35-36)26(37)32-18/h10-15,17-19,23,25,35H,8-9,16H2,1-7H3,(H,32,37)(H,33,38)/b15-14+/t18-,19+,23+,25-/m1/s1. The minimum absolute atomic E-state index is 0.238. The Kier molecular flexibility index (Phi) is 8.54. The van der Waals surface area contributed by atoms with Crippen LogP contribution in [-0.4, -0.2) is 58.4 Å². The van der Waals surface area contributed by atoms with Gasteiger partial charge in [0.2, 0.25) is 5.91 Å². The molecule has 10 heteroatoms. The summed E-state index contributed by atoms with van der Waals surface area (Å²) >= 11 is 0. The van der Waals surface area contributed by atoms with Crippen LogP contribution in [0.3, 0.4) is 0 Å². The predicted molar refractivity (Wildman–Crippen MR) is 156 cm³/mol. The summed E-state index contributed by atoms with van der Waals surface area (Å²) in [6, 6.07) is 7.76. The minimum atomic E-state index is -1.13. The summed E-state index contributed by atoms with van der Waals surface area (Å²) in [5.41, 5.74) is 3.55. The van der Waals surface area contributed by atoms with Crippen molar-refractivity contribution in [1.29, 1.82) is 0 Å². The average Bonchev–Trinajstić information content (AvgIpc) is 2.92. The normalized spacial score (nSPS) is 27.1. The van der Waals surface area contributed by atoms with Crippen LogP contribution in [0.2, 0.25) is 0 Å². The van der Waals surface area contributed by atoms with Crippen LogP contribution in [0.25, 0.3) is 17.0 Å². The molecule has 10 nitrogen and oxygen atoms in total.